The molecule has 0 amide bonds. The van der Waals surface area contributed by atoms with Crippen molar-refractivity contribution in [2.45, 2.75) is 39.0 Å². The molecule has 9 nitrogen and oxygen atoms in total. The number of methoxy groups -OCH3 is 2. The summed E-state index contributed by atoms with van der Waals surface area (Å²) in [6, 6.07) is 17.5. The highest BCUT2D eigenvalue weighted by Gasteiger charge is 2.26. The van der Waals surface area contributed by atoms with E-state index < -0.39 is 0 Å². The highest BCUT2D eigenvalue weighted by molar-refractivity contribution is 5.83. The lowest BCUT2D eigenvalue weighted by molar-refractivity contribution is 0.161. The molecule has 0 saturated carbocycles. The monoisotopic (exact) mass is 560 g/mol. The van der Waals surface area contributed by atoms with Gasteiger partial charge < -0.3 is 14.5 Å². The molecule has 5 rings (SSSR count). The van der Waals surface area contributed by atoms with Gasteiger partial charge in [0.05, 0.1) is 32.3 Å². The second kappa shape index (κ2) is 12.3. The van der Waals surface area contributed by atoms with Gasteiger partial charge in [-0.1, -0.05) is 31.2 Å². The molecule has 0 spiro atoms. The van der Waals surface area contributed by atoms with Gasteiger partial charge >= 0.3 is 0 Å². The van der Waals surface area contributed by atoms with Crippen molar-refractivity contribution in [1.29, 1.82) is 0 Å². The van der Waals surface area contributed by atoms with Gasteiger partial charge in [-0.15, -0.1) is 5.10 Å². The van der Waals surface area contributed by atoms with Gasteiger partial charge in [0.25, 0.3) is 5.56 Å². The first-order valence-corrected chi connectivity index (χ1v) is 13.2. The van der Waals surface area contributed by atoms with E-state index >= 15 is 0 Å². The molecule has 1 atom stereocenters. The zero-order chi connectivity index (χ0) is 28.9. The van der Waals surface area contributed by atoms with Crippen LogP contribution in [0, 0.1) is 11.6 Å². The molecular formula is C30H30F2N6O3. The van der Waals surface area contributed by atoms with Crippen LogP contribution in [0.25, 0.3) is 10.9 Å². The number of nitrogens with one attached hydrogen (secondary N) is 1. The predicted octanol–water partition coefficient (Wildman–Crippen LogP) is 5.01. The van der Waals surface area contributed by atoms with Gasteiger partial charge in [0, 0.05) is 30.1 Å². The number of hydrogen-bond acceptors (Lipinski definition) is 7. The third-order valence-electron chi connectivity index (χ3n) is 7.03. The fourth-order valence-electron chi connectivity index (χ4n) is 4.94. The lowest BCUT2D eigenvalue weighted by Gasteiger charge is -2.30. The van der Waals surface area contributed by atoms with E-state index in [-0.39, 0.29) is 29.8 Å². The normalized spacial score (nSPS) is 12.1. The largest absolute Gasteiger partial charge is 0.493 e. The van der Waals surface area contributed by atoms with Gasteiger partial charge in [0.15, 0.2) is 17.3 Å². The molecule has 3 aromatic carbocycles. The number of nitrogens with zero attached hydrogens (tertiary/aromatic N) is 5. The fourth-order valence-corrected chi connectivity index (χ4v) is 4.94. The summed E-state index contributed by atoms with van der Waals surface area (Å²) in [5.74, 6) is 1.01. The maximum Gasteiger partial charge on any atom is 0.252 e. The van der Waals surface area contributed by atoms with Crippen LogP contribution in [0.3, 0.4) is 0 Å². The Labute approximate surface area is 235 Å². The van der Waals surface area contributed by atoms with Crippen LogP contribution in [-0.4, -0.2) is 44.3 Å². The minimum atomic E-state index is -0.328. The fraction of sp³-hybridized carbons (Fsp3) is 0.267. The van der Waals surface area contributed by atoms with Crippen LogP contribution < -0.4 is 15.0 Å². The van der Waals surface area contributed by atoms with Crippen LogP contribution in [-0.2, 0) is 19.6 Å². The number of fused-ring (bicyclic) bond motifs is 1. The van der Waals surface area contributed by atoms with Crippen LogP contribution in [0.1, 0.15) is 41.9 Å². The van der Waals surface area contributed by atoms with E-state index in [0.29, 0.717) is 47.9 Å². The van der Waals surface area contributed by atoms with Crippen molar-refractivity contribution >= 4 is 10.9 Å². The Bertz CT molecular complexity index is 1690. The first kappa shape index (κ1) is 27.9. The molecule has 5 aromatic rings. The molecule has 0 aliphatic rings. The number of H-pyrrole nitrogens is 1. The zero-order valence-corrected chi connectivity index (χ0v) is 23.0. The van der Waals surface area contributed by atoms with Crippen LogP contribution in [0.15, 0.2) is 71.5 Å². The Hall–Kier alpha value is -4.64. The molecule has 212 valence electrons. The Balaban J connectivity index is 1.53. The first-order valence-electron chi connectivity index (χ1n) is 13.2. The molecule has 1 N–H and O–H groups in total. The van der Waals surface area contributed by atoms with Crippen LogP contribution in [0.4, 0.5) is 8.78 Å². The Morgan fingerprint density at radius 3 is 2.17 bits per heavy atom. The highest BCUT2D eigenvalue weighted by Crippen LogP contribution is 2.32. The third kappa shape index (κ3) is 6.25. The first-order chi connectivity index (χ1) is 19.9. The lowest BCUT2D eigenvalue weighted by atomic mass is 10.1. The number of aromatic nitrogens is 5. The number of benzene rings is 3. The molecule has 0 aliphatic heterocycles. The quantitative estimate of drug-likeness (QED) is 0.243. The lowest BCUT2D eigenvalue weighted by Crippen LogP contribution is -2.32. The van der Waals surface area contributed by atoms with Gasteiger partial charge in [-0.2, -0.15) is 0 Å². The molecular weight excluding hydrogens is 530 g/mol. The van der Waals surface area contributed by atoms with E-state index in [9.17, 15) is 13.6 Å². The Morgan fingerprint density at radius 1 is 0.902 bits per heavy atom. The van der Waals surface area contributed by atoms with E-state index in [2.05, 4.69) is 25.4 Å². The van der Waals surface area contributed by atoms with E-state index in [0.717, 1.165) is 16.5 Å². The number of rotatable bonds is 11. The number of halogens is 2. The zero-order valence-electron chi connectivity index (χ0n) is 23.0. The summed E-state index contributed by atoms with van der Waals surface area (Å²) >= 11 is 0. The summed E-state index contributed by atoms with van der Waals surface area (Å²) in [6.07, 6.45) is 0.626. The smallest absolute Gasteiger partial charge is 0.252 e. The van der Waals surface area contributed by atoms with Gasteiger partial charge in [-0.3, -0.25) is 9.69 Å². The Morgan fingerprint density at radius 2 is 1.54 bits per heavy atom. The summed E-state index contributed by atoms with van der Waals surface area (Å²) in [6.45, 7) is 3.03. The average Bonchev–Trinajstić information content (AvgIpc) is 3.43. The van der Waals surface area contributed by atoms with Gasteiger partial charge in [0.2, 0.25) is 0 Å². The van der Waals surface area contributed by atoms with Gasteiger partial charge in [-0.05, 0) is 64.4 Å². The molecule has 2 aromatic heterocycles. The molecule has 0 fully saturated rings. The van der Waals surface area contributed by atoms with Gasteiger partial charge in [0.1, 0.15) is 11.6 Å². The summed E-state index contributed by atoms with van der Waals surface area (Å²) in [5.41, 5.74) is 2.62. The number of tetrazole rings is 1. The van der Waals surface area contributed by atoms with Crippen molar-refractivity contribution < 1.29 is 18.3 Å². The predicted molar refractivity (Wildman–Crippen MR) is 150 cm³/mol. The third-order valence-corrected chi connectivity index (χ3v) is 7.03. The van der Waals surface area contributed by atoms with Gasteiger partial charge in [-0.25, -0.2) is 13.5 Å². The minimum Gasteiger partial charge on any atom is -0.493 e. The average molecular weight is 561 g/mol. The maximum atomic E-state index is 13.7. The summed E-state index contributed by atoms with van der Waals surface area (Å²) in [5, 5.41) is 13.3. The Kier molecular flexibility index (Phi) is 8.34. The van der Waals surface area contributed by atoms with Crippen molar-refractivity contribution in [2.24, 2.45) is 0 Å². The van der Waals surface area contributed by atoms with Crippen LogP contribution in [0.5, 0.6) is 11.5 Å². The van der Waals surface area contributed by atoms with Crippen LogP contribution >= 0.6 is 0 Å². The molecule has 0 bridgehead atoms. The number of ether oxygens (including phenoxy) is 2. The topological polar surface area (TPSA) is 98.2 Å². The highest BCUT2D eigenvalue weighted by atomic mass is 19.1. The molecule has 0 saturated heterocycles. The van der Waals surface area contributed by atoms with Crippen molar-refractivity contribution in [3.05, 3.63) is 111 Å². The van der Waals surface area contributed by atoms with Crippen molar-refractivity contribution in [1.82, 2.24) is 30.1 Å². The maximum absolute atomic E-state index is 13.7. The molecule has 0 radical (unpaired) electrons. The van der Waals surface area contributed by atoms with Crippen LogP contribution in [0.2, 0.25) is 0 Å². The molecule has 2 heterocycles. The summed E-state index contributed by atoms with van der Waals surface area (Å²) < 4.78 is 39.7. The van der Waals surface area contributed by atoms with E-state index in [1.54, 1.807) is 42.1 Å². The van der Waals surface area contributed by atoms with Crippen molar-refractivity contribution in [3.8, 4) is 11.5 Å². The summed E-state index contributed by atoms with van der Waals surface area (Å²) in [4.78, 5) is 18.3. The molecule has 11 heteroatoms. The van der Waals surface area contributed by atoms with Crippen molar-refractivity contribution in [2.75, 3.05) is 14.2 Å². The van der Waals surface area contributed by atoms with E-state index in [4.69, 9.17) is 9.47 Å². The van der Waals surface area contributed by atoms with E-state index in [1.807, 2.05) is 19.1 Å². The SMILES string of the molecule is CC[C@H](c1nnnn1Cc1ccc(F)cc1)N(Cc1ccc(F)cc1)Cc1cc2cc(OC)c(OC)cc2[nH]c1=O. The minimum absolute atomic E-state index is 0.241. The second-order valence-electron chi connectivity index (χ2n) is 9.69. The van der Waals surface area contributed by atoms with E-state index in [1.165, 1.54) is 31.4 Å². The molecule has 41 heavy (non-hydrogen) atoms. The molecule has 0 aliphatic carbocycles. The number of hydrogen-bond donors (Lipinski definition) is 1. The molecule has 0 unspecified atom stereocenters. The summed E-state index contributed by atoms with van der Waals surface area (Å²) in [7, 11) is 3.10. The standard InChI is InChI=1S/C30H30F2N6O3/c1-4-26(29-34-35-36-38(29)17-20-7-11-24(32)12-8-20)37(16-19-5-9-23(31)10-6-19)18-22-13-21-14-27(40-2)28(41-3)15-25(21)33-30(22)39/h5-15,26H,4,16-18H2,1-3H3,(H,33,39)/t26-/m1/s1. The number of pyridine rings is 1. The van der Waals surface area contributed by atoms with Crippen molar-refractivity contribution in [3.63, 3.8) is 0 Å². The second-order valence-corrected chi connectivity index (χ2v) is 9.69. The number of aromatic amines is 1.